The monoisotopic (exact) mass is 568 g/mol. The molecule has 2 amide bonds. The molecule has 2 N–H and O–H groups in total. The number of carbonyl (C=O) groups excluding carboxylic acids is 2. The van der Waals surface area contributed by atoms with Crippen molar-refractivity contribution in [2.45, 2.75) is 25.9 Å². The first-order valence-electron chi connectivity index (χ1n) is 11.7. The molecule has 204 valence electrons. The predicted molar refractivity (Wildman–Crippen MR) is 134 cm³/mol. The van der Waals surface area contributed by atoms with Crippen LogP contribution in [-0.4, -0.2) is 66.0 Å². The summed E-state index contributed by atoms with van der Waals surface area (Å²) in [5.41, 5.74) is 1.15. The van der Waals surface area contributed by atoms with Crippen molar-refractivity contribution in [3.8, 4) is 11.9 Å². The summed E-state index contributed by atoms with van der Waals surface area (Å²) in [5, 5.41) is 30.0. The van der Waals surface area contributed by atoms with Crippen LogP contribution in [0, 0.1) is 18.3 Å². The van der Waals surface area contributed by atoms with Crippen molar-refractivity contribution in [2.24, 2.45) is 0 Å². The molecule has 13 nitrogen and oxygen atoms in total. The Hall–Kier alpha value is -4.81. The molecule has 0 saturated carbocycles. The quantitative estimate of drug-likeness (QED) is 0.324. The molecule has 0 atom stereocenters. The zero-order chi connectivity index (χ0) is 28.4. The Morgan fingerprint density at radius 2 is 2.05 bits per heavy atom. The lowest BCUT2D eigenvalue weighted by Gasteiger charge is -2.27. The summed E-state index contributed by atoms with van der Waals surface area (Å²) in [6.45, 7) is 2.17. The van der Waals surface area contributed by atoms with E-state index in [0.717, 1.165) is 4.80 Å². The molecule has 1 aliphatic rings. The van der Waals surface area contributed by atoms with E-state index in [2.05, 4.69) is 36.1 Å². The topological polar surface area (TPSA) is 166 Å². The van der Waals surface area contributed by atoms with E-state index in [4.69, 9.17) is 16.3 Å². The highest BCUT2D eigenvalue weighted by Crippen LogP contribution is 2.26. The van der Waals surface area contributed by atoms with Crippen molar-refractivity contribution in [1.82, 2.24) is 40.3 Å². The van der Waals surface area contributed by atoms with E-state index >= 15 is 0 Å². The summed E-state index contributed by atoms with van der Waals surface area (Å²) in [5.74, 6) is -1.80. The number of pyridine rings is 1. The molecule has 0 bridgehead atoms. The molecule has 3 aromatic heterocycles. The maximum atomic E-state index is 13.6. The third kappa shape index (κ3) is 5.48. The minimum Gasteiger partial charge on any atom is -0.377 e. The summed E-state index contributed by atoms with van der Waals surface area (Å²) in [6, 6.07) is 9.27. The lowest BCUT2D eigenvalue weighted by Crippen LogP contribution is -2.48. The van der Waals surface area contributed by atoms with Crippen LogP contribution in [0.3, 0.4) is 0 Å². The van der Waals surface area contributed by atoms with Gasteiger partial charge in [0.2, 0.25) is 5.82 Å². The third-order valence-electron chi connectivity index (χ3n) is 5.82. The van der Waals surface area contributed by atoms with Crippen molar-refractivity contribution < 1.29 is 23.1 Å². The molecule has 0 radical (unpaired) electrons. The number of rotatable bonds is 8. The largest absolute Gasteiger partial charge is 0.377 e. The van der Waals surface area contributed by atoms with Crippen LogP contribution in [0.2, 0.25) is 5.02 Å². The second-order valence-electron chi connectivity index (χ2n) is 8.71. The van der Waals surface area contributed by atoms with Gasteiger partial charge in [-0.25, -0.2) is 18.4 Å². The number of amides is 2. The van der Waals surface area contributed by atoms with Crippen LogP contribution in [0.4, 0.5) is 14.5 Å². The van der Waals surface area contributed by atoms with Crippen molar-refractivity contribution in [2.75, 3.05) is 18.5 Å². The first kappa shape index (κ1) is 26.8. The van der Waals surface area contributed by atoms with Crippen LogP contribution >= 0.6 is 11.6 Å². The average molecular weight is 569 g/mol. The number of benzene rings is 1. The number of nitriles is 1. The summed E-state index contributed by atoms with van der Waals surface area (Å²) < 4.78 is 32.1. The number of alkyl halides is 2. The Balaban J connectivity index is 1.51. The number of anilines is 1. The van der Waals surface area contributed by atoms with Gasteiger partial charge >= 0.3 is 6.43 Å². The van der Waals surface area contributed by atoms with Gasteiger partial charge in [-0.2, -0.15) is 15.2 Å². The molecule has 4 aromatic rings. The van der Waals surface area contributed by atoms with E-state index in [-0.39, 0.29) is 51.6 Å². The second-order valence-corrected chi connectivity index (χ2v) is 9.12. The average Bonchev–Trinajstić information content (AvgIpc) is 3.55. The molecule has 1 aliphatic heterocycles. The fraction of sp³-hybridized carbons (Fsp3) is 0.250. The molecule has 0 unspecified atom stereocenters. The number of aryl methyl sites for hydroxylation is 1. The van der Waals surface area contributed by atoms with Crippen LogP contribution in [0.25, 0.3) is 5.82 Å². The zero-order valence-corrected chi connectivity index (χ0v) is 21.4. The molecular weight excluding hydrogens is 550 g/mol. The Kier molecular flexibility index (Phi) is 7.45. The SMILES string of the molecule is Cc1cc(C#N)cc(C(=O)NC2COC2)c1NC(=O)c1cc(Cn2nnc(C(F)F)n2)nn1-c1ncccc1Cl. The molecule has 0 aliphatic carbocycles. The van der Waals surface area contributed by atoms with Gasteiger partial charge in [0.05, 0.1) is 52.9 Å². The van der Waals surface area contributed by atoms with Gasteiger partial charge in [-0.15, -0.1) is 10.2 Å². The molecule has 1 saturated heterocycles. The number of aromatic nitrogens is 7. The maximum Gasteiger partial charge on any atom is 0.301 e. The minimum absolute atomic E-state index is 0.0349. The smallest absolute Gasteiger partial charge is 0.301 e. The maximum absolute atomic E-state index is 13.6. The number of tetrazole rings is 1. The Morgan fingerprint density at radius 1 is 1.25 bits per heavy atom. The Morgan fingerprint density at radius 3 is 2.70 bits per heavy atom. The van der Waals surface area contributed by atoms with Crippen molar-refractivity contribution >= 4 is 29.1 Å². The number of hydrogen-bond donors (Lipinski definition) is 2. The number of halogens is 3. The summed E-state index contributed by atoms with van der Waals surface area (Å²) in [7, 11) is 0. The van der Waals surface area contributed by atoms with E-state index in [1.807, 2.05) is 6.07 Å². The number of nitrogens with one attached hydrogen (secondary N) is 2. The molecule has 5 rings (SSSR count). The van der Waals surface area contributed by atoms with Crippen LogP contribution in [-0.2, 0) is 11.3 Å². The highest BCUT2D eigenvalue weighted by Gasteiger charge is 2.26. The second kappa shape index (κ2) is 11.1. The fourth-order valence-electron chi connectivity index (χ4n) is 3.88. The van der Waals surface area contributed by atoms with Gasteiger partial charge in [0.1, 0.15) is 12.2 Å². The Bertz CT molecular complexity index is 1640. The standard InChI is InChI=1S/C24H19ClF2N10O3/c1-12-5-13(8-28)6-16(23(38)30-15-10-40-11-15)19(12)31-24(39)18-7-14(9-36-34-21(20(26)27)32-35-36)33-37(18)22-17(25)3-2-4-29-22/h2-7,15,20H,9-11H2,1H3,(H,30,38)(H,31,39). The third-order valence-corrected chi connectivity index (χ3v) is 6.12. The van der Waals surface area contributed by atoms with Crippen molar-refractivity contribution in [1.29, 1.82) is 5.26 Å². The summed E-state index contributed by atoms with van der Waals surface area (Å²) >= 11 is 6.32. The summed E-state index contributed by atoms with van der Waals surface area (Å²) in [6.07, 6.45) is -1.45. The molecule has 40 heavy (non-hydrogen) atoms. The molecule has 0 spiro atoms. The number of nitrogens with zero attached hydrogens (tertiary/aromatic N) is 8. The van der Waals surface area contributed by atoms with E-state index in [1.54, 1.807) is 19.1 Å². The number of carbonyl (C=O) groups is 2. The van der Waals surface area contributed by atoms with Crippen molar-refractivity contribution in [3.63, 3.8) is 0 Å². The summed E-state index contributed by atoms with van der Waals surface area (Å²) in [4.78, 5) is 31.8. The van der Waals surface area contributed by atoms with Crippen LogP contribution < -0.4 is 10.6 Å². The van der Waals surface area contributed by atoms with Gasteiger partial charge in [-0.3, -0.25) is 9.59 Å². The highest BCUT2D eigenvalue weighted by atomic mass is 35.5. The first-order valence-corrected chi connectivity index (χ1v) is 12.1. The van der Waals surface area contributed by atoms with Crippen LogP contribution in [0.5, 0.6) is 0 Å². The normalized spacial score (nSPS) is 13.1. The van der Waals surface area contributed by atoms with Gasteiger partial charge in [-0.05, 0) is 48.0 Å². The lowest BCUT2D eigenvalue weighted by molar-refractivity contribution is -0.00344. The van der Waals surface area contributed by atoms with Gasteiger partial charge in [-0.1, -0.05) is 11.6 Å². The number of ether oxygens (including phenoxy) is 1. The van der Waals surface area contributed by atoms with Gasteiger partial charge in [0.25, 0.3) is 11.8 Å². The van der Waals surface area contributed by atoms with Crippen molar-refractivity contribution in [3.05, 3.63) is 75.5 Å². The van der Waals surface area contributed by atoms with Gasteiger partial charge in [0.15, 0.2) is 5.82 Å². The molecule has 4 heterocycles. The van der Waals surface area contributed by atoms with Crippen LogP contribution in [0.1, 0.15) is 49.9 Å². The van der Waals surface area contributed by atoms with Gasteiger partial charge < -0.3 is 15.4 Å². The predicted octanol–water partition coefficient (Wildman–Crippen LogP) is 2.45. The Labute approximate surface area is 229 Å². The molecule has 1 fully saturated rings. The lowest BCUT2D eigenvalue weighted by atomic mass is 10.0. The minimum atomic E-state index is -2.90. The first-order chi connectivity index (χ1) is 19.2. The zero-order valence-electron chi connectivity index (χ0n) is 20.7. The fourth-order valence-corrected chi connectivity index (χ4v) is 4.08. The van der Waals surface area contributed by atoms with E-state index in [0.29, 0.717) is 18.8 Å². The molecular formula is C24H19ClF2N10O3. The highest BCUT2D eigenvalue weighted by molar-refractivity contribution is 6.32. The number of hydrogen-bond acceptors (Lipinski definition) is 9. The molecule has 1 aromatic carbocycles. The van der Waals surface area contributed by atoms with Gasteiger partial charge in [0, 0.05) is 6.20 Å². The van der Waals surface area contributed by atoms with E-state index in [9.17, 15) is 23.6 Å². The van der Waals surface area contributed by atoms with E-state index < -0.39 is 24.1 Å². The van der Waals surface area contributed by atoms with E-state index in [1.165, 1.54) is 29.1 Å². The van der Waals surface area contributed by atoms with Crippen LogP contribution in [0.15, 0.2) is 36.5 Å². The molecule has 16 heteroatoms.